The molecule has 0 aliphatic carbocycles. The van der Waals surface area contributed by atoms with E-state index in [0.717, 1.165) is 20.3 Å². The summed E-state index contributed by atoms with van der Waals surface area (Å²) >= 11 is 7.82. The van der Waals surface area contributed by atoms with Crippen molar-refractivity contribution in [3.8, 4) is 10.4 Å². The fourth-order valence-corrected chi connectivity index (χ4v) is 3.84. The number of thiophene rings is 1. The van der Waals surface area contributed by atoms with Crippen LogP contribution in [0.15, 0.2) is 42.5 Å². The number of hydrogen-bond acceptors (Lipinski definition) is 3. The normalized spacial score (nSPS) is 16.2. The topological polar surface area (TPSA) is 40.5 Å². The molecule has 0 bridgehead atoms. The summed E-state index contributed by atoms with van der Waals surface area (Å²) in [4.78, 5) is 16.0. The Morgan fingerprint density at radius 2 is 1.96 bits per heavy atom. The molecule has 1 aliphatic heterocycles. The molecule has 1 amide bonds. The van der Waals surface area contributed by atoms with Crippen LogP contribution in [0.5, 0.6) is 0 Å². The van der Waals surface area contributed by atoms with Gasteiger partial charge in [-0.25, -0.2) is 0 Å². The first-order chi connectivity index (χ1) is 11.1. The van der Waals surface area contributed by atoms with Crippen molar-refractivity contribution in [1.82, 2.24) is 4.90 Å². The van der Waals surface area contributed by atoms with E-state index in [2.05, 4.69) is 0 Å². The van der Waals surface area contributed by atoms with E-state index in [1.807, 2.05) is 42.5 Å². The van der Waals surface area contributed by atoms with Crippen molar-refractivity contribution in [2.45, 2.75) is 18.9 Å². The summed E-state index contributed by atoms with van der Waals surface area (Å²) in [5.41, 5.74) is 1.01. The van der Waals surface area contributed by atoms with Gasteiger partial charge in [-0.2, -0.15) is 0 Å². The van der Waals surface area contributed by atoms with Gasteiger partial charge in [0.15, 0.2) is 0 Å². The molecule has 23 heavy (non-hydrogen) atoms. The highest BCUT2D eigenvalue weighted by atomic mass is 35.5. The van der Waals surface area contributed by atoms with E-state index < -0.39 is 0 Å². The van der Waals surface area contributed by atoms with Gasteiger partial charge < -0.3 is 10.0 Å². The van der Waals surface area contributed by atoms with Crippen molar-refractivity contribution >= 4 is 34.9 Å². The molecule has 3 rings (SSSR count). The van der Waals surface area contributed by atoms with Gasteiger partial charge in [-0.1, -0.05) is 29.8 Å². The molecule has 3 nitrogen and oxygen atoms in total. The lowest BCUT2D eigenvalue weighted by atomic mass is 10.1. The van der Waals surface area contributed by atoms with E-state index in [4.69, 9.17) is 11.6 Å². The molecule has 0 radical (unpaired) electrons. The second-order valence-electron chi connectivity index (χ2n) is 5.57. The van der Waals surface area contributed by atoms with E-state index in [1.165, 1.54) is 0 Å². The lowest BCUT2D eigenvalue weighted by Gasteiger charge is -2.28. The SMILES string of the molecule is O=C(/C=C/c1ccc(-c2ccccc2Cl)s1)N1CCC(O)CC1. The minimum atomic E-state index is -0.265. The number of rotatable bonds is 3. The summed E-state index contributed by atoms with van der Waals surface area (Å²) in [6, 6.07) is 11.8. The summed E-state index contributed by atoms with van der Waals surface area (Å²) in [6.45, 7) is 1.25. The molecule has 0 spiro atoms. The van der Waals surface area contributed by atoms with Gasteiger partial charge in [0.1, 0.15) is 0 Å². The molecule has 0 atom stereocenters. The maximum atomic E-state index is 12.2. The van der Waals surface area contributed by atoms with Crippen LogP contribution in [0, 0.1) is 0 Å². The van der Waals surface area contributed by atoms with Gasteiger partial charge in [-0.05, 0) is 37.1 Å². The minimum Gasteiger partial charge on any atom is -0.393 e. The van der Waals surface area contributed by atoms with Crippen LogP contribution in [0.25, 0.3) is 16.5 Å². The highest BCUT2D eigenvalue weighted by molar-refractivity contribution is 7.16. The molecule has 1 N–H and O–H groups in total. The lowest BCUT2D eigenvalue weighted by molar-refractivity contribution is -0.127. The van der Waals surface area contributed by atoms with Crippen molar-refractivity contribution in [2.75, 3.05) is 13.1 Å². The van der Waals surface area contributed by atoms with E-state index >= 15 is 0 Å². The summed E-state index contributed by atoms with van der Waals surface area (Å²) in [5, 5.41) is 10.2. The van der Waals surface area contributed by atoms with Crippen molar-refractivity contribution in [2.24, 2.45) is 0 Å². The zero-order valence-electron chi connectivity index (χ0n) is 12.6. The molecule has 0 unspecified atom stereocenters. The number of halogens is 1. The summed E-state index contributed by atoms with van der Waals surface area (Å²) in [6.07, 6.45) is 4.52. The second kappa shape index (κ2) is 7.30. The standard InChI is InChI=1S/C18H18ClNO2S/c19-16-4-2-1-3-15(16)17-7-5-14(23-17)6-8-18(22)20-11-9-13(21)10-12-20/h1-8,13,21H,9-12H2/b8-6+. The van der Waals surface area contributed by atoms with Crippen molar-refractivity contribution in [3.63, 3.8) is 0 Å². The Labute approximate surface area is 144 Å². The Kier molecular flexibility index (Phi) is 5.16. The maximum absolute atomic E-state index is 12.2. The van der Waals surface area contributed by atoms with E-state index in [1.54, 1.807) is 22.3 Å². The van der Waals surface area contributed by atoms with Gasteiger partial charge in [0.2, 0.25) is 5.91 Å². The van der Waals surface area contributed by atoms with Gasteiger partial charge in [0.25, 0.3) is 0 Å². The largest absolute Gasteiger partial charge is 0.393 e. The third-order valence-corrected chi connectivity index (χ3v) is 5.35. The Balaban J connectivity index is 1.67. The van der Waals surface area contributed by atoms with Gasteiger partial charge >= 0.3 is 0 Å². The summed E-state index contributed by atoms with van der Waals surface area (Å²) in [5.74, 6) is 0.00425. The Morgan fingerprint density at radius 3 is 2.70 bits per heavy atom. The number of hydrogen-bond donors (Lipinski definition) is 1. The van der Waals surface area contributed by atoms with Crippen LogP contribution in [0.3, 0.4) is 0 Å². The third kappa shape index (κ3) is 4.02. The predicted molar refractivity (Wildman–Crippen MR) is 95.6 cm³/mol. The number of piperidine rings is 1. The number of aliphatic hydroxyl groups is 1. The molecule has 120 valence electrons. The Hall–Kier alpha value is -1.62. The van der Waals surface area contributed by atoms with Crippen LogP contribution in [0.4, 0.5) is 0 Å². The number of benzene rings is 1. The number of aliphatic hydroxyl groups excluding tert-OH is 1. The van der Waals surface area contributed by atoms with Crippen LogP contribution in [-0.2, 0) is 4.79 Å². The quantitative estimate of drug-likeness (QED) is 0.850. The van der Waals surface area contributed by atoms with Crippen LogP contribution >= 0.6 is 22.9 Å². The molecule has 1 aromatic carbocycles. The van der Waals surface area contributed by atoms with Gasteiger partial charge in [0, 0.05) is 39.5 Å². The fraction of sp³-hybridized carbons (Fsp3) is 0.278. The maximum Gasteiger partial charge on any atom is 0.246 e. The number of nitrogens with zero attached hydrogens (tertiary/aromatic N) is 1. The van der Waals surface area contributed by atoms with Crippen LogP contribution < -0.4 is 0 Å². The molecule has 1 aliphatic rings. The van der Waals surface area contributed by atoms with Crippen LogP contribution in [-0.4, -0.2) is 35.1 Å². The highest BCUT2D eigenvalue weighted by Crippen LogP contribution is 2.33. The van der Waals surface area contributed by atoms with Crippen molar-refractivity contribution < 1.29 is 9.90 Å². The molecule has 1 saturated heterocycles. The van der Waals surface area contributed by atoms with Crippen molar-refractivity contribution in [1.29, 1.82) is 0 Å². The molecule has 1 fully saturated rings. The molecule has 0 saturated carbocycles. The monoisotopic (exact) mass is 347 g/mol. The third-order valence-electron chi connectivity index (χ3n) is 3.93. The molecule has 1 aromatic heterocycles. The smallest absolute Gasteiger partial charge is 0.246 e. The van der Waals surface area contributed by atoms with Gasteiger partial charge in [-0.3, -0.25) is 4.79 Å². The molecule has 5 heteroatoms. The highest BCUT2D eigenvalue weighted by Gasteiger charge is 2.19. The first-order valence-corrected chi connectivity index (χ1v) is 8.83. The summed E-state index contributed by atoms with van der Waals surface area (Å²) in [7, 11) is 0. The second-order valence-corrected chi connectivity index (χ2v) is 7.09. The van der Waals surface area contributed by atoms with Crippen molar-refractivity contribution in [3.05, 3.63) is 52.4 Å². The molecule has 2 aromatic rings. The van der Waals surface area contributed by atoms with Gasteiger partial charge in [-0.15, -0.1) is 11.3 Å². The predicted octanol–water partition coefficient (Wildman–Crippen LogP) is 4.07. The zero-order chi connectivity index (χ0) is 16.2. The minimum absolute atomic E-state index is 0.00425. The number of likely N-dealkylation sites (tertiary alicyclic amines) is 1. The van der Waals surface area contributed by atoms with Crippen LogP contribution in [0.1, 0.15) is 17.7 Å². The average Bonchev–Trinajstić information content (AvgIpc) is 3.02. The lowest BCUT2D eigenvalue weighted by Crippen LogP contribution is -2.39. The summed E-state index contributed by atoms with van der Waals surface area (Å²) < 4.78 is 0. The average molecular weight is 348 g/mol. The molecule has 2 heterocycles. The van der Waals surface area contributed by atoms with E-state index in [-0.39, 0.29) is 12.0 Å². The first-order valence-electron chi connectivity index (χ1n) is 7.63. The van der Waals surface area contributed by atoms with Gasteiger partial charge in [0.05, 0.1) is 6.10 Å². The number of carbonyl (C=O) groups excluding carboxylic acids is 1. The fourth-order valence-electron chi connectivity index (χ4n) is 2.59. The first kappa shape index (κ1) is 16.2. The Bertz CT molecular complexity index is 717. The Morgan fingerprint density at radius 1 is 1.22 bits per heavy atom. The van der Waals surface area contributed by atoms with E-state index in [9.17, 15) is 9.90 Å². The molecular weight excluding hydrogens is 330 g/mol. The van der Waals surface area contributed by atoms with Crippen LogP contribution in [0.2, 0.25) is 5.02 Å². The molecular formula is C18H18ClNO2S. The number of amides is 1. The van der Waals surface area contributed by atoms with E-state index in [0.29, 0.717) is 25.9 Å². The number of carbonyl (C=O) groups is 1. The zero-order valence-corrected chi connectivity index (χ0v) is 14.2.